The molecular formula is C24H22N2O. The number of rotatable bonds is 3. The second kappa shape index (κ2) is 5.98. The summed E-state index contributed by atoms with van der Waals surface area (Å²) in [5.74, 6) is 0.0547. The third-order valence-electron chi connectivity index (χ3n) is 5.62. The van der Waals surface area contributed by atoms with Crippen molar-refractivity contribution < 1.29 is 4.79 Å². The normalized spacial score (nSPS) is 11.9. The van der Waals surface area contributed by atoms with Crippen LogP contribution in [-0.2, 0) is 6.54 Å². The monoisotopic (exact) mass is 354 g/mol. The molecule has 2 heterocycles. The van der Waals surface area contributed by atoms with Crippen LogP contribution in [0, 0.1) is 0 Å². The molecule has 2 aromatic heterocycles. The lowest BCUT2D eigenvalue weighted by Gasteiger charge is -2.07. The quantitative estimate of drug-likeness (QED) is 0.370. The van der Waals surface area contributed by atoms with Crippen molar-refractivity contribution >= 4 is 49.5 Å². The van der Waals surface area contributed by atoms with E-state index in [1.165, 1.54) is 21.8 Å². The number of hydrogen-bond acceptors (Lipinski definition) is 1. The van der Waals surface area contributed by atoms with Gasteiger partial charge >= 0.3 is 0 Å². The molecule has 0 saturated heterocycles. The summed E-state index contributed by atoms with van der Waals surface area (Å²) in [5, 5.41) is 4.69. The molecular weight excluding hydrogens is 332 g/mol. The van der Waals surface area contributed by atoms with Gasteiger partial charge in [0.1, 0.15) is 0 Å². The summed E-state index contributed by atoms with van der Waals surface area (Å²) in [7, 11) is 0. The number of carbonyl (C=O) groups excluding carboxylic acids is 1. The second-order valence-electron chi connectivity index (χ2n) is 7.25. The molecule has 0 aliphatic rings. The van der Waals surface area contributed by atoms with Crippen LogP contribution >= 0.6 is 0 Å². The van der Waals surface area contributed by atoms with Gasteiger partial charge in [0.2, 0.25) is 5.91 Å². The molecule has 27 heavy (non-hydrogen) atoms. The fourth-order valence-corrected chi connectivity index (χ4v) is 4.47. The molecule has 3 nitrogen and oxygen atoms in total. The molecule has 5 aromatic rings. The predicted octanol–water partition coefficient (Wildman–Crippen LogP) is 6.36. The third kappa shape index (κ3) is 2.18. The van der Waals surface area contributed by atoms with Gasteiger partial charge in [-0.05, 0) is 24.6 Å². The van der Waals surface area contributed by atoms with E-state index in [2.05, 4.69) is 54.0 Å². The number of carbonyl (C=O) groups is 1. The summed E-state index contributed by atoms with van der Waals surface area (Å²) < 4.78 is 4.30. The Bertz CT molecular complexity index is 1340. The number of hydrogen-bond donors (Lipinski definition) is 0. The minimum Gasteiger partial charge on any atom is -0.340 e. The maximum absolute atomic E-state index is 12.6. The molecule has 0 fully saturated rings. The van der Waals surface area contributed by atoms with Crippen LogP contribution in [0.15, 0.2) is 60.7 Å². The highest BCUT2D eigenvalue weighted by atomic mass is 16.1. The highest BCUT2D eigenvalue weighted by Gasteiger charge is 2.20. The number of unbranched alkanes of at least 4 members (excludes halogenated alkanes) is 1. The van der Waals surface area contributed by atoms with E-state index in [0.717, 1.165) is 41.2 Å². The van der Waals surface area contributed by atoms with Crippen LogP contribution in [0.25, 0.3) is 43.6 Å². The van der Waals surface area contributed by atoms with E-state index in [-0.39, 0.29) is 5.91 Å². The summed E-state index contributed by atoms with van der Waals surface area (Å²) in [5.41, 5.74) is 4.47. The van der Waals surface area contributed by atoms with Crippen molar-refractivity contribution in [3.05, 3.63) is 60.7 Å². The topological polar surface area (TPSA) is 26.9 Å². The van der Waals surface area contributed by atoms with Crippen molar-refractivity contribution in [2.24, 2.45) is 0 Å². The number of para-hydroxylation sites is 2. The zero-order chi connectivity index (χ0) is 18.5. The molecule has 3 aromatic carbocycles. The molecule has 134 valence electrons. The summed E-state index contributed by atoms with van der Waals surface area (Å²) in [6.07, 6.45) is 2.30. The highest BCUT2D eigenvalue weighted by molar-refractivity contribution is 6.27. The minimum absolute atomic E-state index is 0.0547. The first kappa shape index (κ1) is 16.1. The van der Waals surface area contributed by atoms with Gasteiger partial charge < -0.3 is 4.57 Å². The van der Waals surface area contributed by atoms with E-state index < -0.39 is 0 Å². The molecule has 0 N–H and O–H groups in total. The summed E-state index contributed by atoms with van der Waals surface area (Å²) in [4.78, 5) is 12.6. The molecule has 5 rings (SSSR count). The van der Waals surface area contributed by atoms with Crippen LogP contribution in [0.3, 0.4) is 0 Å². The van der Waals surface area contributed by atoms with E-state index in [1.54, 1.807) is 6.92 Å². The van der Waals surface area contributed by atoms with Gasteiger partial charge in [0, 0.05) is 40.5 Å². The molecule has 0 radical (unpaired) electrons. The van der Waals surface area contributed by atoms with Gasteiger partial charge in [-0.1, -0.05) is 55.8 Å². The molecule has 0 aliphatic heterocycles. The summed E-state index contributed by atoms with van der Waals surface area (Å²) in [6, 6.07) is 21.2. The van der Waals surface area contributed by atoms with Gasteiger partial charge in [0.15, 0.2) is 0 Å². The number of aromatic nitrogens is 2. The first-order valence-electron chi connectivity index (χ1n) is 9.66. The van der Waals surface area contributed by atoms with Crippen LogP contribution in [-0.4, -0.2) is 15.0 Å². The molecule has 0 atom stereocenters. The Morgan fingerprint density at radius 3 is 2.26 bits per heavy atom. The van der Waals surface area contributed by atoms with Gasteiger partial charge in [-0.15, -0.1) is 0 Å². The van der Waals surface area contributed by atoms with Crippen molar-refractivity contribution in [1.29, 1.82) is 0 Å². The van der Waals surface area contributed by atoms with Crippen LogP contribution in [0.5, 0.6) is 0 Å². The fourth-order valence-electron chi connectivity index (χ4n) is 4.47. The van der Waals surface area contributed by atoms with Gasteiger partial charge in [-0.25, -0.2) is 0 Å². The van der Waals surface area contributed by atoms with Crippen molar-refractivity contribution in [2.75, 3.05) is 0 Å². The Hall–Kier alpha value is -3.07. The molecule has 0 bridgehead atoms. The Balaban J connectivity index is 2.06. The van der Waals surface area contributed by atoms with Gasteiger partial charge in [-0.3, -0.25) is 9.36 Å². The standard InChI is InChI=1S/C24H22N2O/c1-3-4-15-25-20-11-7-6-10-19(20)23-22(25)14-13-18-17-9-5-8-12-21(17)26(16(2)27)24(18)23/h5-14H,3-4,15H2,1-2H3. The molecule has 3 heteroatoms. The van der Waals surface area contributed by atoms with E-state index in [1.807, 2.05) is 22.8 Å². The Kier molecular flexibility index (Phi) is 3.57. The minimum atomic E-state index is 0.0547. The van der Waals surface area contributed by atoms with Gasteiger partial charge in [0.05, 0.1) is 16.6 Å². The average molecular weight is 354 g/mol. The number of aryl methyl sites for hydroxylation is 1. The second-order valence-corrected chi connectivity index (χ2v) is 7.25. The molecule has 0 amide bonds. The molecule has 0 unspecified atom stereocenters. The summed E-state index contributed by atoms with van der Waals surface area (Å²) in [6.45, 7) is 4.87. The Labute approximate surface area is 157 Å². The Morgan fingerprint density at radius 1 is 0.815 bits per heavy atom. The van der Waals surface area contributed by atoms with E-state index in [4.69, 9.17) is 0 Å². The Morgan fingerprint density at radius 2 is 1.52 bits per heavy atom. The SMILES string of the molecule is CCCCn1c2ccccc2c2c1ccc1c3ccccc3n(C(C)=O)c12. The van der Waals surface area contributed by atoms with E-state index >= 15 is 0 Å². The number of benzene rings is 3. The van der Waals surface area contributed by atoms with Crippen LogP contribution in [0.1, 0.15) is 31.5 Å². The lowest BCUT2D eigenvalue weighted by molar-refractivity contribution is 0.0946. The maximum atomic E-state index is 12.6. The first-order chi connectivity index (χ1) is 13.2. The zero-order valence-corrected chi connectivity index (χ0v) is 15.7. The van der Waals surface area contributed by atoms with Crippen molar-refractivity contribution in [3.63, 3.8) is 0 Å². The average Bonchev–Trinajstić information content (AvgIpc) is 3.19. The fraction of sp³-hybridized carbons (Fsp3) is 0.208. The van der Waals surface area contributed by atoms with Gasteiger partial charge in [-0.2, -0.15) is 0 Å². The van der Waals surface area contributed by atoms with Crippen molar-refractivity contribution in [3.8, 4) is 0 Å². The summed E-state index contributed by atoms with van der Waals surface area (Å²) >= 11 is 0. The molecule has 0 spiro atoms. The smallest absolute Gasteiger partial charge is 0.228 e. The highest BCUT2D eigenvalue weighted by Crippen LogP contribution is 2.39. The van der Waals surface area contributed by atoms with E-state index in [9.17, 15) is 4.79 Å². The zero-order valence-electron chi connectivity index (χ0n) is 15.7. The van der Waals surface area contributed by atoms with Crippen LogP contribution < -0.4 is 0 Å². The first-order valence-corrected chi connectivity index (χ1v) is 9.66. The lowest BCUT2D eigenvalue weighted by atomic mass is 10.1. The molecule has 0 aliphatic carbocycles. The largest absolute Gasteiger partial charge is 0.340 e. The van der Waals surface area contributed by atoms with Crippen LogP contribution in [0.4, 0.5) is 0 Å². The lowest BCUT2D eigenvalue weighted by Crippen LogP contribution is -2.05. The number of nitrogens with zero attached hydrogens (tertiary/aromatic N) is 2. The van der Waals surface area contributed by atoms with Crippen LogP contribution in [0.2, 0.25) is 0 Å². The maximum Gasteiger partial charge on any atom is 0.228 e. The van der Waals surface area contributed by atoms with Gasteiger partial charge in [0.25, 0.3) is 0 Å². The third-order valence-corrected chi connectivity index (χ3v) is 5.62. The van der Waals surface area contributed by atoms with Crippen molar-refractivity contribution in [2.45, 2.75) is 33.2 Å². The number of fused-ring (bicyclic) bond motifs is 7. The molecule has 0 saturated carbocycles. The van der Waals surface area contributed by atoms with E-state index in [0.29, 0.717) is 0 Å². The predicted molar refractivity (Wildman–Crippen MR) is 114 cm³/mol. The van der Waals surface area contributed by atoms with Crippen molar-refractivity contribution in [1.82, 2.24) is 9.13 Å².